The molecule has 1 aliphatic rings. The lowest BCUT2D eigenvalue weighted by Crippen LogP contribution is -2.48. The molecule has 7 nitrogen and oxygen atoms in total. The summed E-state index contributed by atoms with van der Waals surface area (Å²) in [5, 5.41) is 18.5. The summed E-state index contributed by atoms with van der Waals surface area (Å²) >= 11 is 0. The van der Waals surface area contributed by atoms with Gasteiger partial charge in [0.25, 0.3) is 5.91 Å². The second-order valence-electron chi connectivity index (χ2n) is 7.41. The molecule has 0 saturated carbocycles. The van der Waals surface area contributed by atoms with E-state index in [9.17, 15) is 23.2 Å². The molecule has 0 N–H and O–H groups in total. The van der Waals surface area contributed by atoms with Crippen LogP contribution in [0.1, 0.15) is 39.9 Å². The molecule has 1 fully saturated rings. The zero-order valence-corrected chi connectivity index (χ0v) is 18.1. The number of methoxy groups -OCH3 is 2. The number of nitrogens with zero attached hydrogens (tertiary/aromatic N) is 3. The smallest absolute Gasteiger partial charge is 0.425 e. The summed E-state index contributed by atoms with van der Waals surface area (Å²) in [6.07, 6.45) is -6.81. The van der Waals surface area contributed by atoms with E-state index < -0.39 is 18.2 Å². The number of carbonyl (C=O) groups is 1. The predicted molar refractivity (Wildman–Crippen MR) is 110 cm³/mol. The molecular weight excluding hydrogens is 439 g/mol. The molecule has 10 heteroatoms. The van der Waals surface area contributed by atoms with Gasteiger partial charge in [-0.1, -0.05) is 6.07 Å². The van der Waals surface area contributed by atoms with Crippen LogP contribution >= 0.6 is 0 Å². The average molecular weight is 459 g/mol. The zero-order chi connectivity index (χ0) is 24.3. The number of halogens is 3. The Morgan fingerprint density at radius 3 is 2.24 bits per heavy atom. The molecule has 33 heavy (non-hydrogen) atoms. The van der Waals surface area contributed by atoms with Crippen LogP contribution in [0.15, 0.2) is 30.3 Å². The average Bonchev–Trinajstić information content (AvgIpc) is 2.76. The Balaban J connectivity index is 1.88. The number of hydrogen-bond acceptors (Lipinski definition) is 6. The number of alkyl halides is 3. The van der Waals surface area contributed by atoms with Gasteiger partial charge in [-0.25, -0.2) is 0 Å². The number of ether oxygens (including phenoxy) is 3. The third kappa shape index (κ3) is 4.65. The summed E-state index contributed by atoms with van der Waals surface area (Å²) in [5.74, 6) is -0.702. The Bertz CT molecular complexity index is 1150. The van der Waals surface area contributed by atoms with Gasteiger partial charge in [0.05, 0.1) is 25.3 Å². The molecule has 0 unspecified atom stereocenters. The highest BCUT2D eigenvalue weighted by Gasteiger charge is 2.40. The highest BCUT2D eigenvalue weighted by atomic mass is 19.4. The Morgan fingerprint density at radius 2 is 1.70 bits per heavy atom. The van der Waals surface area contributed by atoms with Gasteiger partial charge in [0.15, 0.2) is 11.9 Å². The molecule has 1 amide bonds. The standard InChI is InChI=1S/C23H20F3N3O4/c1-13(23(24,25)26)33-18-7-6-16(10-28)21(32-3)20(18)22(30)29-11-17(12-29)14-4-5-15(9-27)19(8-14)31-2/h4-8,13,17H,11-12H2,1-3H3/t13-/m1/s1. The van der Waals surface area contributed by atoms with Crippen LogP contribution in [0.25, 0.3) is 0 Å². The Labute approximate surface area is 188 Å². The topological polar surface area (TPSA) is 95.6 Å². The molecule has 1 saturated heterocycles. The van der Waals surface area contributed by atoms with E-state index in [0.717, 1.165) is 12.5 Å². The van der Waals surface area contributed by atoms with Gasteiger partial charge in [-0.3, -0.25) is 4.79 Å². The first kappa shape index (κ1) is 23.7. The Kier molecular flexibility index (Phi) is 6.68. The number of benzene rings is 2. The molecule has 1 atom stereocenters. The van der Waals surface area contributed by atoms with Gasteiger partial charge >= 0.3 is 6.18 Å². The minimum absolute atomic E-state index is 0.00163. The van der Waals surface area contributed by atoms with E-state index >= 15 is 0 Å². The SMILES string of the molecule is COc1cc(C2CN(C(=O)c3c(O[C@H](C)C(F)(F)F)ccc(C#N)c3OC)C2)ccc1C#N. The third-order valence-corrected chi connectivity index (χ3v) is 5.41. The van der Waals surface area contributed by atoms with Crippen LogP contribution in [0.4, 0.5) is 13.2 Å². The van der Waals surface area contributed by atoms with Crippen molar-refractivity contribution < 1.29 is 32.2 Å². The molecule has 1 aliphatic heterocycles. The number of likely N-dealkylation sites (tertiary alicyclic amines) is 1. The van der Waals surface area contributed by atoms with Crippen LogP contribution in [0.3, 0.4) is 0 Å². The molecular formula is C23H20F3N3O4. The number of carbonyl (C=O) groups excluding carboxylic acids is 1. The van der Waals surface area contributed by atoms with Crippen LogP contribution in [0.2, 0.25) is 0 Å². The second kappa shape index (κ2) is 9.29. The first-order valence-electron chi connectivity index (χ1n) is 9.86. The molecule has 172 valence electrons. The fourth-order valence-corrected chi connectivity index (χ4v) is 3.49. The lowest BCUT2D eigenvalue weighted by atomic mass is 9.89. The fourth-order valence-electron chi connectivity index (χ4n) is 3.49. The number of hydrogen-bond donors (Lipinski definition) is 0. The maximum Gasteiger partial charge on any atom is 0.425 e. The minimum Gasteiger partial charge on any atom is -0.495 e. The summed E-state index contributed by atoms with van der Waals surface area (Å²) in [6, 6.07) is 11.4. The van der Waals surface area contributed by atoms with Gasteiger partial charge < -0.3 is 19.1 Å². The van der Waals surface area contributed by atoms with Crippen molar-refractivity contribution in [3.63, 3.8) is 0 Å². The van der Waals surface area contributed by atoms with E-state index in [4.69, 9.17) is 19.5 Å². The number of nitriles is 2. The van der Waals surface area contributed by atoms with Crippen molar-refractivity contribution in [2.45, 2.75) is 25.1 Å². The highest BCUT2D eigenvalue weighted by molar-refractivity contribution is 6.01. The van der Waals surface area contributed by atoms with Crippen LogP contribution in [-0.4, -0.2) is 50.4 Å². The van der Waals surface area contributed by atoms with Crippen molar-refractivity contribution in [3.05, 3.63) is 52.6 Å². The minimum atomic E-state index is -4.64. The van der Waals surface area contributed by atoms with Gasteiger partial charge in [0.2, 0.25) is 0 Å². The van der Waals surface area contributed by atoms with E-state index in [0.29, 0.717) is 11.3 Å². The van der Waals surface area contributed by atoms with Crippen molar-refractivity contribution >= 4 is 5.91 Å². The van der Waals surface area contributed by atoms with Crippen molar-refractivity contribution in [2.75, 3.05) is 27.3 Å². The summed E-state index contributed by atoms with van der Waals surface area (Å²) in [5.41, 5.74) is 1.01. The van der Waals surface area contributed by atoms with E-state index in [2.05, 4.69) is 0 Å². The quantitative estimate of drug-likeness (QED) is 0.648. The van der Waals surface area contributed by atoms with Gasteiger partial charge in [0.1, 0.15) is 29.2 Å². The zero-order valence-electron chi connectivity index (χ0n) is 18.1. The molecule has 0 aromatic heterocycles. The monoisotopic (exact) mass is 459 g/mol. The summed E-state index contributed by atoms with van der Waals surface area (Å²) in [4.78, 5) is 14.7. The Morgan fingerprint density at radius 1 is 1.06 bits per heavy atom. The van der Waals surface area contributed by atoms with Crippen molar-refractivity contribution in [2.24, 2.45) is 0 Å². The molecule has 2 aromatic carbocycles. The Hall–Kier alpha value is -3.92. The first-order chi connectivity index (χ1) is 15.6. The molecule has 2 aromatic rings. The van der Waals surface area contributed by atoms with Gasteiger partial charge in [-0.2, -0.15) is 23.7 Å². The van der Waals surface area contributed by atoms with E-state index in [1.54, 1.807) is 18.2 Å². The molecule has 0 radical (unpaired) electrons. The van der Waals surface area contributed by atoms with Crippen LogP contribution < -0.4 is 14.2 Å². The first-order valence-corrected chi connectivity index (χ1v) is 9.86. The maximum absolute atomic E-state index is 13.2. The van der Waals surface area contributed by atoms with Crippen LogP contribution in [0, 0.1) is 22.7 Å². The third-order valence-electron chi connectivity index (χ3n) is 5.41. The summed E-state index contributed by atoms with van der Waals surface area (Å²) in [6.45, 7) is 1.39. The fraction of sp³-hybridized carbons (Fsp3) is 0.348. The van der Waals surface area contributed by atoms with E-state index in [-0.39, 0.29) is 41.6 Å². The van der Waals surface area contributed by atoms with Gasteiger partial charge in [0, 0.05) is 19.0 Å². The largest absolute Gasteiger partial charge is 0.495 e. The normalized spacial score (nSPS) is 14.5. The second-order valence-corrected chi connectivity index (χ2v) is 7.41. The molecule has 0 bridgehead atoms. The molecule has 1 heterocycles. The van der Waals surface area contributed by atoms with Crippen molar-refractivity contribution in [1.82, 2.24) is 4.90 Å². The lowest BCUT2D eigenvalue weighted by Gasteiger charge is -2.40. The molecule has 3 rings (SSSR count). The van der Waals surface area contributed by atoms with Crippen molar-refractivity contribution in [1.29, 1.82) is 10.5 Å². The maximum atomic E-state index is 13.2. The predicted octanol–water partition coefficient (Wildman–Crippen LogP) is 4.02. The van der Waals surface area contributed by atoms with E-state index in [1.807, 2.05) is 12.1 Å². The van der Waals surface area contributed by atoms with Crippen molar-refractivity contribution in [3.8, 4) is 29.4 Å². The van der Waals surface area contributed by atoms with Crippen LogP contribution in [0.5, 0.6) is 17.2 Å². The summed E-state index contributed by atoms with van der Waals surface area (Å²) < 4.78 is 54.6. The summed E-state index contributed by atoms with van der Waals surface area (Å²) in [7, 11) is 2.68. The highest BCUT2D eigenvalue weighted by Crippen LogP contribution is 2.38. The molecule has 0 spiro atoms. The lowest BCUT2D eigenvalue weighted by molar-refractivity contribution is -0.189. The number of rotatable bonds is 6. The van der Waals surface area contributed by atoms with Gasteiger partial charge in [-0.05, 0) is 36.8 Å². The van der Waals surface area contributed by atoms with Crippen LogP contribution in [-0.2, 0) is 0 Å². The molecule has 0 aliphatic carbocycles. The number of amides is 1. The van der Waals surface area contributed by atoms with E-state index in [1.165, 1.54) is 31.3 Å². The van der Waals surface area contributed by atoms with Gasteiger partial charge in [-0.15, -0.1) is 0 Å².